The maximum absolute atomic E-state index is 5.25. The van der Waals surface area contributed by atoms with E-state index in [9.17, 15) is 0 Å². The molecule has 37 heavy (non-hydrogen) atoms. The van der Waals surface area contributed by atoms with Crippen LogP contribution in [-0.4, -0.2) is 21.5 Å². The zero-order valence-corrected chi connectivity index (χ0v) is 20.4. The molecule has 0 spiro atoms. The number of pyridine rings is 1. The van der Waals surface area contributed by atoms with Crippen LogP contribution in [0, 0.1) is 0 Å². The summed E-state index contributed by atoms with van der Waals surface area (Å²) in [6.45, 7) is -0.104. The van der Waals surface area contributed by atoms with E-state index in [4.69, 9.17) is 4.98 Å². The average molecular weight is 491 g/mol. The number of anilines is 4. The fourth-order valence-corrected chi connectivity index (χ4v) is 7.29. The monoisotopic (exact) mass is 491 g/mol. The van der Waals surface area contributed by atoms with Crippen molar-refractivity contribution in [1.29, 1.82) is 0 Å². The molecule has 0 amide bonds. The normalized spacial score (nSPS) is 13.8. The summed E-state index contributed by atoms with van der Waals surface area (Å²) in [5.74, 6) is 0. The summed E-state index contributed by atoms with van der Waals surface area (Å²) in [5, 5.41) is 4.84. The van der Waals surface area contributed by atoms with E-state index >= 15 is 0 Å². The van der Waals surface area contributed by atoms with Crippen LogP contribution in [0.15, 0.2) is 109 Å². The van der Waals surface area contributed by atoms with E-state index < -0.39 is 0 Å². The molecule has 0 saturated heterocycles. The van der Waals surface area contributed by atoms with Crippen LogP contribution in [0.1, 0.15) is 0 Å². The van der Waals surface area contributed by atoms with Gasteiger partial charge in [0.05, 0.1) is 28.1 Å². The van der Waals surface area contributed by atoms with Crippen LogP contribution in [0.4, 0.5) is 22.1 Å². The van der Waals surface area contributed by atoms with Gasteiger partial charge in [0, 0.05) is 33.6 Å². The summed E-state index contributed by atoms with van der Waals surface area (Å²) in [4.78, 5) is 14.6. The minimum absolute atomic E-state index is 0.104. The SMILES string of the molecule is c1ccc2c(c1)N1B(c3nc4ccccc4n3-2)N(c2ccc3cnccc3c2)c2c1sc1ccccc21. The van der Waals surface area contributed by atoms with E-state index in [1.807, 2.05) is 23.7 Å². The number of benzene rings is 4. The van der Waals surface area contributed by atoms with Gasteiger partial charge in [-0.15, -0.1) is 11.3 Å². The highest BCUT2D eigenvalue weighted by Gasteiger charge is 2.51. The summed E-state index contributed by atoms with van der Waals surface area (Å²) < 4.78 is 3.64. The van der Waals surface area contributed by atoms with Crippen LogP contribution in [0.3, 0.4) is 0 Å². The van der Waals surface area contributed by atoms with Gasteiger partial charge < -0.3 is 9.62 Å². The summed E-state index contributed by atoms with van der Waals surface area (Å²) in [7, 11) is 0. The maximum Gasteiger partial charge on any atom is 0.459 e. The number of fused-ring (bicyclic) bond motifs is 13. The largest absolute Gasteiger partial charge is 0.459 e. The second-order valence-corrected chi connectivity index (χ2v) is 10.6. The first-order valence-electron chi connectivity index (χ1n) is 12.4. The van der Waals surface area contributed by atoms with E-state index in [0.717, 1.165) is 33.5 Å². The first kappa shape index (κ1) is 19.6. The van der Waals surface area contributed by atoms with Gasteiger partial charge in [-0.3, -0.25) is 9.55 Å². The van der Waals surface area contributed by atoms with Crippen molar-refractivity contribution >= 4 is 78.0 Å². The fraction of sp³-hybridized carbons (Fsp3) is 0. The topological polar surface area (TPSA) is 37.2 Å². The van der Waals surface area contributed by atoms with Gasteiger partial charge in [0.15, 0.2) is 0 Å². The average Bonchev–Trinajstić information content (AvgIpc) is 3.62. The minimum Gasteiger partial charge on any atom is -0.356 e. The van der Waals surface area contributed by atoms with Crippen molar-refractivity contribution in [3.63, 3.8) is 0 Å². The summed E-state index contributed by atoms with van der Waals surface area (Å²) in [6, 6.07) is 34.7. The van der Waals surface area contributed by atoms with Crippen molar-refractivity contribution in [3.05, 3.63) is 109 Å². The van der Waals surface area contributed by atoms with E-state index in [1.165, 1.54) is 31.8 Å². The third-order valence-corrected chi connectivity index (χ3v) is 8.76. The highest BCUT2D eigenvalue weighted by molar-refractivity contribution is 7.25. The smallest absolute Gasteiger partial charge is 0.356 e. The lowest BCUT2D eigenvalue weighted by Gasteiger charge is -2.35. The first-order chi connectivity index (χ1) is 18.4. The van der Waals surface area contributed by atoms with Gasteiger partial charge in [0.2, 0.25) is 0 Å². The van der Waals surface area contributed by atoms with Crippen LogP contribution in [0.2, 0.25) is 0 Å². The van der Waals surface area contributed by atoms with Crippen LogP contribution in [0.25, 0.3) is 37.6 Å². The summed E-state index contributed by atoms with van der Waals surface area (Å²) in [5.41, 5.74) is 7.93. The fourth-order valence-electron chi connectivity index (χ4n) is 6.05. The molecule has 172 valence electrons. The predicted octanol–water partition coefficient (Wildman–Crippen LogP) is 6.79. The van der Waals surface area contributed by atoms with Crippen molar-refractivity contribution in [2.75, 3.05) is 9.62 Å². The van der Waals surface area contributed by atoms with Crippen LogP contribution in [0.5, 0.6) is 0 Å². The molecule has 0 fully saturated rings. The Kier molecular flexibility index (Phi) is 3.69. The lowest BCUT2D eigenvalue weighted by Crippen LogP contribution is -2.58. The molecule has 3 aromatic heterocycles. The van der Waals surface area contributed by atoms with Gasteiger partial charge in [-0.05, 0) is 53.9 Å². The molecule has 9 rings (SSSR count). The Labute approximate surface area is 217 Å². The Morgan fingerprint density at radius 1 is 0.730 bits per heavy atom. The Morgan fingerprint density at radius 2 is 1.57 bits per heavy atom. The molecule has 0 N–H and O–H groups in total. The number of para-hydroxylation sites is 4. The standard InChI is InChI=1S/C30H18BN5S/c1-6-12-27-22(7-1)28-29(37-27)36-26-11-5-4-10-25(26)34-24-9-3-2-8-23(24)33-30(34)31(36)35(28)21-14-13-20-18-32-16-15-19(20)17-21/h1-18H. The van der Waals surface area contributed by atoms with Gasteiger partial charge in [-0.25, -0.2) is 4.98 Å². The number of rotatable bonds is 1. The molecule has 5 heterocycles. The minimum atomic E-state index is -0.104. The van der Waals surface area contributed by atoms with Gasteiger partial charge >= 0.3 is 6.98 Å². The molecule has 7 heteroatoms. The van der Waals surface area contributed by atoms with Crippen LogP contribution in [-0.2, 0) is 0 Å². The Hall–Kier alpha value is -4.62. The van der Waals surface area contributed by atoms with Crippen molar-refractivity contribution < 1.29 is 0 Å². The molecule has 0 bridgehead atoms. The number of hydrogen-bond donors (Lipinski definition) is 0. The summed E-state index contributed by atoms with van der Waals surface area (Å²) >= 11 is 1.86. The molecule has 5 nitrogen and oxygen atoms in total. The predicted molar refractivity (Wildman–Crippen MR) is 154 cm³/mol. The van der Waals surface area contributed by atoms with Crippen molar-refractivity contribution in [3.8, 4) is 5.69 Å². The van der Waals surface area contributed by atoms with Gasteiger partial charge in [0.1, 0.15) is 10.7 Å². The van der Waals surface area contributed by atoms with Gasteiger partial charge in [-0.2, -0.15) is 0 Å². The first-order valence-corrected chi connectivity index (χ1v) is 13.2. The number of aromatic nitrogens is 3. The van der Waals surface area contributed by atoms with Crippen molar-refractivity contribution in [2.24, 2.45) is 0 Å². The molecule has 0 unspecified atom stereocenters. The number of imidazole rings is 1. The van der Waals surface area contributed by atoms with Crippen molar-refractivity contribution in [2.45, 2.75) is 0 Å². The zero-order valence-electron chi connectivity index (χ0n) is 19.6. The lowest BCUT2D eigenvalue weighted by molar-refractivity contribution is 1.10. The molecular formula is C30H18BN5S. The van der Waals surface area contributed by atoms with E-state index in [0.29, 0.717) is 0 Å². The van der Waals surface area contributed by atoms with Gasteiger partial charge in [0.25, 0.3) is 0 Å². The molecule has 0 radical (unpaired) electrons. The molecule has 0 atom stereocenters. The Balaban J connectivity index is 1.41. The van der Waals surface area contributed by atoms with E-state index in [1.54, 1.807) is 0 Å². The van der Waals surface area contributed by atoms with E-state index in [-0.39, 0.29) is 6.98 Å². The quantitative estimate of drug-likeness (QED) is 0.237. The molecule has 7 aromatic rings. The Bertz CT molecular complexity index is 2040. The molecule has 2 aliphatic rings. The Morgan fingerprint density at radius 3 is 2.54 bits per heavy atom. The number of thiophene rings is 1. The highest BCUT2D eigenvalue weighted by Crippen LogP contribution is 2.56. The van der Waals surface area contributed by atoms with Gasteiger partial charge in [-0.1, -0.05) is 48.5 Å². The third kappa shape index (κ3) is 2.49. The maximum atomic E-state index is 5.25. The molecule has 0 saturated carbocycles. The van der Waals surface area contributed by atoms with Crippen molar-refractivity contribution in [1.82, 2.24) is 14.5 Å². The van der Waals surface area contributed by atoms with Crippen LogP contribution >= 0.6 is 11.3 Å². The molecule has 4 aromatic carbocycles. The third-order valence-electron chi connectivity index (χ3n) is 7.60. The molecule has 0 aliphatic carbocycles. The second kappa shape index (κ2) is 6.99. The number of hydrogen-bond acceptors (Lipinski definition) is 5. The molecule has 2 aliphatic heterocycles. The van der Waals surface area contributed by atoms with E-state index in [2.05, 4.69) is 116 Å². The lowest BCUT2D eigenvalue weighted by atomic mass is 9.69. The zero-order chi connectivity index (χ0) is 24.1. The summed E-state index contributed by atoms with van der Waals surface area (Å²) in [6.07, 6.45) is 3.79. The van der Waals surface area contributed by atoms with Crippen LogP contribution < -0.4 is 15.3 Å². The molecular weight excluding hydrogens is 473 g/mol. The second-order valence-electron chi connectivity index (χ2n) is 9.56. The highest BCUT2D eigenvalue weighted by atomic mass is 32.1. The number of nitrogens with zero attached hydrogens (tertiary/aromatic N) is 5.